The number of thiophene rings is 1. The molecule has 0 bridgehead atoms. The Hall–Kier alpha value is -2.71. The third-order valence-corrected chi connectivity index (χ3v) is 6.72. The number of hydrogen-bond acceptors (Lipinski definition) is 6. The molecule has 3 N–H and O–H groups in total. The van der Waals surface area contributed by atoms with E-state index < -0.39 is 0 Å². The van der Waals surface area contributed by atoms with E-state index in [-0.39, 0.29) is 0 Å². The Kier molecular flexibility index (Phi) is 5.26. The zero-order valence-electron chi connectivity index (χ0n) is 16.4. The van der Waals surface area contributed by atoms with E-state index in [0.29, 0.717) is 24.2 Å². The first-order chi connectivity index (χ1) is 14.6. The predicted octanol–water partition coefficient (Wildman–Crippen LogP) is 6.23. The van der Waals surface area contributed by atoms with Crippen LogP contribution in [0, 0.1) is 6.92 Å². The molecule has 1 aliphatic rings. The van der Waals surface area contributed by atoms with Crippen molar-refractivity contribution < 1.29 is 0 Å². The summed E-state index contributed by atoms with van der Waals surface area (Å²) in [4.78, 5) is 11.5. The van der Waals surface area contributed by atoms with Crippen LogP contribution in [0.4, 0.5) is 17.6 Å². The Morgan fingerprint density at radius 3 is 2.80 bits per heavy atom. The van der Waals surface area contributed by atoms with Crippen molar-refractivity contribution in [2.24, 2.45) is 0 Å². The molecule has 0 amide bonds. The second kappa shape index (κ2) is 8.20. The summed E-state index contributed by atoms with van der Waals surface area (Å²) in [6, 6.07) is 15.0. The van der Waals surface area contributed by atoms with Gasteiger partial charge in [-0.25, -0.2) is 4.98 Å². The normalized spacial score (nSPS) is 13.4. The van der Waals surface area contributed by atoms with Crippen molar-refractivity contribution in [3.63, 3.8) is 0 Å². The molecule has 0 spiro atoms. The largest absolute Gasteiger partial charge is 0.349 e. The Morgan fingerprint density at radius 2 is 2.00 bits per heavy atom. The zero-order valence-corrected chi connectivity index (χ0v) is 18.8. The molecule has 5 rings (SSSR count). The summed E-state index contributed by atoms with van der Waals surface area (Å²) >= 11 is 5.29. The first-order valence-electron chi connectivity index (χ1n) is 9.88. The number of nitrogens with zero attached hydrogens (tertiary/aromatic N) is 3. The summed E-state index contributed by atoms with van der Waals surface area (Å²) in [7, 11) is 0. The van der Waals surface area contributed by atoms with Gasteiger partial charge in [0.25, 0.3) is 0 Å². The third kappa shape index (κ3) is 4.39. The number of aryl methyl sites for hydroxylation is 1. The van der Waals surface area contributed by atoms with E-state index in [4.69, 9.17) is 0 Å². The highest BCUT2D eigenvalue weighted by molar-refractivity contribution is 9.10. The van der Waals surface area contributed by atoms with Crippen LogP contribution in [0.15, 0.2) is 53.1 Å². The molecule has 0 radical (unpaired) electrons. The molecule has 0 aliphatic heterocycles. The SMILES string of the molecule is Cc1ccc(-c2ccc(CNc3ncc(Br)c(Nc4cc(C5CC5)n[nH]4)n3)s2)cc1. The maximum atomic E-state index is 4.60. The van der Waals surface area contributed by atoms with Gasteiger partial charge in [0.2, 0.25) is 5.95 Å². The van der Waals surface area contributed by atoms with Crippen LogP contribution in [0.25, 0.3) is 10.4 Å². The molecule has 0 saturated heterocycles. The molecule has 0 unspecified atom stereocenters. The smallest absolute Gasteiger partial charge is 0.224 e. The number of benzene rings is 1. The summed E-state index contributed by atoms with van der Waals surface area (Å²) in [6.45, 7) is 2.78. The van der Waals surface area contributed by atoms with Crippen LogP contribution in [0.3, 0.4) is 0 Å². The first kappa shape index (κ1) is 19.3. The number of anilines is 3. The highest BCUT2D eigenvalue weighted by atomic mass is 79.9. The minimum absolute atomic E-state index is 0.577. The summed E-state index contributed by atoms with van der Waals surface area (Å²) < 4.78 is 0.799. The lowest BCUT2D eigenvalue weighted by atomic mass is 10.1. The van der Waals surface area contributed by atoms with Crippen molar-refractivity contribution in [2.75, 3.05) is 10.6 Å². The molecule has 152 valence electrons. The number of halogens is 1. The molecule has 4 aromatic rings. The summed E-state index contributed by atoms with van der Waals surface area (Å²) in [5.74, 6) is 2.72. The van der Waals surface area contributed by atoms with Gasteiger partial charge in [-0.2, -0.15) is 10.1 Å². The fourth-order valence-corrected chi connectivity index (χ4v) is 4.41. The minimum atomic E-state index is 0.577. The van der Waals surface area contributed by atoms with Gasteiger partial charge in [-0.3, -0.25) is 5.10 Å². The van der Waals surface area contributed by atoms with E-state index in [1.165, 1.54) is 33.7 Å². The Labute approximate surface area is 187 Å². The minimum Gasteiger partial charge on any atom is -0.349 e. The van der Waals surface area contributed by atoms with Crippen molar-refractivity contribution in [1.82, 2.24) is 20.2 Å². The molecule has 1 aromatic carbocycles. The topological polar surface area (TPSA) is 78.5 Å². The van der Waals surface area contributed by atoms with Gasteiger partial charge in [-0.1, -0.05) is 29.8 Å². The second-order valence-corrected chi connectivity index (χ2v) is 9.50. The average molecular weight is 481 g/mol. The van der Waals surface area contributed by atoms with Crippen LogP contribution >= 0.6 is 27.3 Å². The lowest BCUT2D eigenvalue weighted by Crippen LogP contribution is -2.05. The number of aromatic amines is 1. The summed E-state index contributed by atoms with van der Waals surface area (Å²) in [5, 5.41) is 14.0. The van der Waals surface area contributed by atoms with E-state index >= 15 is 0 Å². The van der Waals surface area contributed by atoms with E-state index in [1.807, 2.05) is 0 Å². The second-order valence-electron chi connectivity index (χ2n) is 7.48. The van der Waals surface area contributed by atoms with Crippen molar-refractivity contribution in [3.05, 3.63) is 69.3 Å². The van der Waals surface area contributed by atoms with E-state index in [2.05, 4.69) is 96.1 Å². The molecular formula is C22H21BrN6S. The summed E-state index contributed by atoms with van der Waals surface area (Å²) in [5.41, 5.74) is 3.63. The lowest BCUT2D eigenvalue weighted by molar-refractivity contribution is 0.966. The molecule has 1 saturated carbocycles. The average Bonchev–Trinajstić information content (AvgIpc) is 3.31. The molecule has 1 aliphatic carbocycles. The van der Waals surface area contributed by atoms with Gasteiger partial charge in [-0.05, 0) is 53.4 Å². The van der Waals surface area contributed by atoms with Crippen LogP contribution in [-0.4, -0.2) is 20.2 Å². The molecule has 6 nitrogen and oxygen atoms in total. The van der Waals surface area contributed by atoms with Gasteiger partial charge >= 0.3 is 0 Å². The van der Waals surface area contributed by atoms with Crippen LogP contribution in [0.1, 0.15) is 34.9 Å². The van der Waals surface area contributed by atoms with Crippen LogP contribution < -0.4 is 10.6 Å². The molecule has 3 heterocycles. The highest BCUT2D eigenvalue weighted by Gasteiger charge is 2.26. The monoisotopic (exact) mass is 480 g/mol. The highest BCUT2D eigenvalue weighted by Crippen LogP contribution is 2.39. The standard InChI is InChI=1S/C22H21BrN6S/c1-13-2-4-15(5-3-13)19-9-8-16(30-19)11-24-22-25-12-17(23)21(27-22)26-20-10-18(28-29-20)14-6-7-14/h2-5,8-10,12,14H,6-7,11H2,1H3,(H3,24,25,26,27,28,29). The fraction of sp³-hybridized carbons (Fsp3) is 0.227. The first-order valence-corrected chi connectivity index (χ1v) is 11.5. The van der Waals surface area contributed by atoms with Gasteiger partial charge in [-0.15, -0.1) is 11.3 Å². The van der Waals surface area contributed by atoms with Gasteiger partial charge in [0.1, 0.15) is 5.82 Å². The number of nitrogens with one attached hydrogen (secondary N) is 3. The zero-order chi connectivity index (χ0) is 20.5. The Bertz CT molecular complexity index is 1160. The Balaban J connectivity index is 1.25. The van der Waals surface area contributed by atoms with Gasteiger partial charge < -0.3 is 10.6 Å². The van der Waals surface area contributed by atoms with E-state index in [9.17, 15) is 0 Å². The number of aromatic nitrogens is 4. The maximum Gasteiger partial charge on any atom is 0.224 e. The van der Waals surface area contributed by atoms with Crippen LogP contribution in [0.2, 0.25) is 0 Å². The Morgan fingerprint density at radius 1 is 1.17 bits per heavy atom. The van der Waals surface area contributed by atoms with Crippen molar-refractivity contribution in [1.29, 1.82) is 0 Å². The molecule has 8 heteroatoms. The van der Waals surface area contributed by atoms with E-state index in [1.54, 1.807) is 17.5 Å². The molecule has 30 heavy (non-hydrogen) atoms. The maximum absolute atomic E-state index is 4.60. The predicted molar refractivity (Wildman–Crippen MR) is 125 cm³/mol. The van der Waals surface area contributed by atoms with Crippen LogP contribution in [-0.2, 0) is 6.54 Å². The fourth-order valence-electron chi connectivity index (χ4n) is 3.17. The molecule has 0 atom stereocenters. The van der Waals surface area contributed by atoms with Crippen molar-refractivity contribution in [3.8, 4) is 10.4 Å². The van der Waals surface area contributed by atoms with Gasteiger partial charge in [0.15, 0.2) is 5.82 Å². The van der Waals surface area contributed by atoms with Gasteiger partial charge in [0, 0.05) is 27.9 Å². The quantitative estimate of drug-likeness (QED) is 0.292. The molecule has 3 aromatic heterocycles. The third-order valence-electron chi connectivity index (χ3n) is 5.01. The molecule has 1 fully saturated rings. The number of hydrogen-bond donors (Lipinski definition) is 3. The van der Waals surface area contributed by atoms with Crippen molar-refractivity contribution >= 4 is 44.9 Å². The van der Waals surface area contributed by atoms with Gasteiger partial charge in [0.05, 0.1) is 16.7 Å². The molecular weight excluding hydrogens is 460 g/mol. The van der Waals surface area contributed by atoms with E-state index in [0.717, 1.165) is 16.0 Å². The van der Waals surface area contributed by atoms with Crippen molar-refractivity contribution in [2.45, 2.75) is 32.2 Å². The lowest BCUT2D eigenvalue weighted by Gasteiger charge is -2.08. The summed E-state index contributed by atoms with van der Waals surface area (Å²) in [6.07, 6.45) is 4.20. The number of H-pyrrole nitrogens is 1. The number of rotatable bonds is 7. The van der Waals surface area contributed by atoms with Crippen LogP contribution in [0.5, 0.6) is 0 Å².